The van der Waals surface area contributed by atoms with Crippen LogP contribution in [0.4, 0.5) is 0 Å². The predicted octanol–water partition coefficient (Wildman–Crippen LogP) is 5.10. The zero-order valence-corrected chi connectivity index (χ0v) is 17.0. The van der Waals surface area contributed by atoms with Gasteiger partial charge in [0.15, 0.2) is 0 Å². The molecular weight excluding hydrogens is 360 g/mol. The summed E-state index contributed by atoms with van der Waals surface area (Å²) in [6.07, 6.45) is 3.98. The third-order valence-corrected chi connectivity index (χ3v) is 5.47. The molecule has 1 atom stereocenters. The number of H-pyrrole nitrogens is 2. The van der Waals surface area contributed by atoms with Crippen LogP contribution in [-0.2, 0) is 11.2 Å². The summed E-state index contributed by atoms with van der Waals surface area (Å²) >= 11 is 0. The molecule has 0 saturated carbocycles. The van der Waals surface area contributed by atoms with Gasteiger partial charge in [-0.05, 0) is 38.0 Å². The number of hydrogen-bond donors (Lipinski definition) is 2. The molecule has 0 fully saturated rings. The Balaban J connectivity index is 1.73. The zero-order valence-electron chi connectivity index (χ0n) is 17.0. The van der Waals surface area contributed by atoms with Gasteiger partial charge in [0.05, 0.1) is 24.4 Å². The number of nitrogens with one attached hydrogen (secondary N) is 2. The van der Waals surface area contributed by atoms with Crippen LogP contribution < -0.4 is 0 Å². The summed E-state index contributed by atoms with van der Waals surface area (Å²) in [6, 6.07) is 18.4. The Morgan fingerprint density at radius 3 is 2.45 bits per heavy atom. The van der Waals surface area contributed by atoms with Crippen LogP contribution in [0.25, 0.3) is 22.2 Å². The van der Waals surface area contributed by atoms with E-state index < -0.39 is 0 Å². The van der Waals surface area contributed by atoms with Crippen LogP contribution in [0.1, 0.15) is 37.9 Å². The number of carbonyl (C=O) groups excluding carboxylic acids is 1. The van der Waals surface area contributed by atoms with Crippen LogP contribution >= 0.6 is 0 Å². The summed E-state index contributed by atoms with van der Waals surface area (Å²) < 4.78 is 0. The molecule has 0 saturated heterocycles. The molecule has 0 aliphatic carbocycles. The number of aromatic nitrogens is 3. The molecule has 1 unspecified atom stereocenters. The maximum absolute atomic E-state index is 13.5. The standard InChI is InChI=1S/C24H26N4O/c1-16(2)28(17(3)19-14-25-26-15-19)23(29)13-21-20-11-7-8-12-22(20)27-24(21)18-9-5-4-6-10-18/h4-12,14-17,27H,13H2,1-3H3,(H,25,26). The molecule has 0 radical (unpaired) electrons. The predicted molar refractivity (Wildman–Crippen MR) is 116 cm³/mol. The molecule has 2 heterocycles. The average molecular weight is 386 g/mol. The lowest BCUT2D eigenvalue weighted by molar-refractivity contribution is -0.134. The van der Waals surface area contributed by atoms with Gasteiger partial charge in [0.1, 0.15) is 0 Å². The fraction of sp³-hybridized carbons (Fsp3) is 0.250. The molecule has 2 N–H and O–H groups in total. The maximum atomic E-state index is 13.5. The van der Waals surface area contributed by atoms with Crippen molar-refractivity contribution in [2.75, 3.05) is 0 Å². The Bertz CT molecular complexity index is 1100. The van der Waals surface area contributed by atoms with Crippen LogP contribution in [0.3, 0.4) is 0 Å². The Morgan fingerprint density at radius 1 is 1.03 bits per heavy atom. The number of para-hydroxylation sites is 1. The fourth-order valence-corrected chi connectivity index (χ4v) is 4.08. The summed E-state index contributed by atoms with van der Waals surface area (Å²) in [6.45, 7) is 6.17. The van der Waals surface area contributed by atoms with E-state index in [2.05, 4.69) is 60.2 Å². The lowest BCUT2D eigenvalue weighted by Gasteiger charge is -2.32. The highest BCUT2D eigenvalue weighted by Crippen LogP contribution is 2.32. The molecule has 4 rings (SSSR count). The minimum atomic E-state index is -0.0494. The van der Waals surface area contributed by atoms with Gasteiger partial charge in [-0.3, -0.25) is 9.89 Å². The van der Waals surface area contributed by atoms with E-state index in [9.17, 15) is 4.79 Å². The quantitative estimate of drug-likeness (QED) is 0.484. The normalized spacial score (nSPS) is 12.4. The van der Waals surface area contributed by atoms with Crippen LogP contribution in [0.15, 0.2) is 67.0 Å². The molecule has 2 aromatic carbocycles. The number of benzene rings is 2. The Hall–Kier alpha value is -3.34. The van der Waals surface area contributed by atoms with Gasteiger partial charge in [0.2, 0.25) is 5.91 Å². The first-order valence-corrected chi connectivity index (χ1v) is 10.0. The zero-order chi connectivity index (χ0) is 20.4. The van der Waals surface area contributed by atoms with Crippen LogP contribution in [0.2, 0.25) is 0 Å². The Kier molecular flexibility index (Phi) is 5.21. The van der Waals surface area contributed by atoms with Crippen molar-refractivity contribution in [3.8, 4) is 11.3 Å². The van der Waals surface area contributed by atoms with E-state index in [1.165, 1.54) is 0 Å². The molecule has 29 heavy (non-hydrogen) atoms. The number of hydrogen-bond acceptors (Lipinski definition) is 2. The van der Waals surface area contributed by atoms with E-state index in [1.807, 2.05) is 41.4 Å². The van der Waals surface area contributed by atoms with E-state index in [0.717, 1.165) is 33.3 Å². The fourth-order valence-electron chi connectivity index (χ4n) is 4.08. The Morgan fingerprint density at radius 2 is 1.76 bits per heavy atom. The maximum Gasteiger partial charge on any atom is 0.227 e. The minimum Gasteiger partial charge on any atom is -0.354 e. The van der Waals surface area contributed by atoms with E-state index in [0.29, 0.717) is 6.42 Å². The molecule has 0 aliphatic rings. The molecule has 0 spiro atoms. The number of carbonyl (C=O) groups is 1. The lowest BCUT2D eigenvalue weighted by Crippen LogP contribution is -2.39. The molecule has 4 aromatic rings. The molecule has 2 aromatic heterocycles. The van der Waals surface area contributed by atoms with Crippen molar-refractivity contribution >= 4 is 16.8 Å². The van der Waals surface area contributed by atoms with Gasteiger partial charge in [-0.25, -0.2) is 0 Å². The summed E-state index contributed by atoms with van der Waals surface area (Å²) in [5, 5.41) is 7.99. The molecule has 148 valence electrons. The molecule has 5 nitrogen and oxygen atoms in total. The second kappa shape index (κ2) is 7.95. The first-order valence-electron chi connectivity index (χ1n) is 10.0. The molecular formula is C24H26N4O. The van der Waals surface area contributed by atoms with Crippen molar-refractivity contribution in [2.45, 2.75) is 39.3 Å². The number of amides is 1. The van der Waals surface area contributed by atoms with Gasteiger partial charge < -0.3 is 9.88 Å². The third kappa shape index (κ3) is 3.68. The van der Waals surface area contributed by atoms with Gasteiger partial charge in [0, 0.05) is 28.7 Å². The first kappa shape index (κ1) is 19.0. The second-order valence-corrected chi connectivity index (χ2v) is 7.67. The summed E-state index contributed by atoms with van der Waals surface area (Å²) in [4.78, 5) is 19.0. The highest BCUT2D eigenvalue weighted by molar-refractivity contribution is 5.95. The van der Waals surface area contributed by atoms with Crippen molar-refractivity contribution in [3.05, 3.63) is 78.1 Å². The van der Waals surface area contributed by atoms with Gasteiger partial charge in [-0.1, -0.05) is 48.5 Å². The molecule has 5 heteroatoms. The van der Waals surface area contributed by atoms with Crippen molar-refractivity contribution in [3.63, 3.8) is 0 Å². The molecule has 0 aliphatic heterocycles. The average Bonchev–Trinajstić information content (AvgIpc) is 3.37. The number of nitrogens with zero attached hydrogens (tertiary/aromatic N) is 2. The summed E-state index contributed by atoms with van der Waals surface area (Å²) in [5.74, 6) is 0.107. The number of rotatable bonds is 6. The smallest absolute Gasteiger partial charge is 0.227 e. The van der Waals surface area contributed by atoms with Crippen LogP contribution in [0.5, 0.6) is 0 Å². The summed E-state index contributed by atoms with van der Waals surface area (Å²) in [7, 11) is 0. The topological polar surface area (TPSA) is 64.8 Å². The van der Waals surface area contributed by atoms with Crippen LogP contribution in [-0.4, -0.2) is 32.0 Å². The minimum absolute atomic E-state index is 0.0494. The van der Waals surface area contributed by atoms with Crippen molar-refractivity contribution in [1.82, 2.24) is 20.1 Å². The highest BCUT2D eigenvalue weighted by Gasteiger charge is 2.26. The van der Waals surface area contributed by atoms with Gasteiger partial charge >= 0.3 is 0 Å². The van der Waals surface area contributed by atoms with Gasteiger partial charge in [-0.15, -0.1) is 0 Å². The van der Waals surface area contributed by atoms with E-state index in [-0.39, 0.29) is 18.0 Å². The Labute approximate surface area is 170 Å². The molecule has 1 amide bonds. The monoisotopic (exact) mass is 386 g/mol. The first-order chi connectivity index (χ1) is 14.1. The van der Waals surface area contributed by atoms with Crippen molar-refractivity contribution < 1.29 is 4.79 Å². The van der Waals surface area contributed by atoms with E-state index in [1.54, 1.807) is 6.20 Å². The number of aromatic amines is 2. The van der Waals surface area contributed by atoms with Gasteiger partial charge in [0.25, 0.3) is 0 Å². The lowest BCUT2D eigenvalue weighted by atomic mass is 10.0. The largest absolute Gasteiger partial charge is 0.354 e. The number of fused-ring (bicyclic) bond motifs is 1. The van der Waals surface area contributed by atoms with Crippen molar-refractivity contribution in [1.29, 1.82) is 0 Å². The molecule has 0 bridgehead atoms. The van der Waals surface area contributed by atoms with Crippen molar-refractivity contribution in [2.24, 2.45) is 0 Å². The van der Waals surface area contributed by atoms with E-state index in [4.69, 9.17) is 0 Å². The summed E-state index contributed by atoms with van der Waals surface area (Å²) in [5.41, 5.74) is 5.20. The van der Waals surface area contributed by atoms with Crippen LogP contribution in [0, 0.1) is 0 Å². The highest BCUT2D eigenvalue weighted by atomic mass is 16.2. The van der Waals surface area contributed by atoms with Gasteiger partial charge in [-0.2, -0.15) is 5.10 Å². The second-order valence-electron chi connectivity index (χ2n) is 7.67. The third-order valence-electron chi connectivity index (χ3n) is 5.47. The SMILES string of the molecule is CC(C)N(C(=O)Cc1c(-c2ccccc2)[nH]c2ccccc12)C(C)c1cn[nH]c1. The van der Waals surface area contributed by atoms with E-state index >= 15 is 0 Å².